The lowest BCUT2D eigenvalue weighted by Crippen LogP contribution is -1.91. The number of carboxylic acids is 1. The van der Waals surface area contributed by atoms with Crippen LogP contribution in [0.1, 0.15) is 6.92 Å². The molecule has 0 bridgehead atoms. The second-order valence-corrected chi connectivity index (χ2v) is 4.38. The van der Waals surface area contributed by atoms with E-state index in [1.54, 1.807) is 12.4 Å². The lowest BCUT2D eigenvalue weighted by Gasteiger charge is -1.95. The van der Waals surface area contributed by atoms with Crippen molar-refractivity contribution in [3.63, 3.8) is 0 Å². The first-order chi connectivity index (χ1) is 6.18. The predicted molar refractivity (Wildman–Crippen MR) is 52.0 cm³/mol. The van der Waals surface area contributed by atoms with Crippen LogP contribution in [0.5, 0.6) is 0 Å². The summed E-state index contributed by atoms with van der Waals surface area (Å²) >= 11 is 2.94. The van der Waals surface area contributed by atoms with Gasteiger partial charge in [0.05, 0.1) is 0 Å². The molecule has 0 aliphatic heterocycles. The van der Waals surface area contributed by atoms with Crippen LogP contribution in [0.2, 0.25) is 0 Å². The van der Waals surface area contributed by atoms with Gasteiger partial charge in [0.25, 0.3) is 0 Å². The highest BCUT2D eigenvalue weighted by Crippen LogP contribution is 2.20. The zero-order chi connectivity index (χ0) is 9.68. The van der Waals surface area contributed by atoms with E-state index < -0.39 is 5.97 Å². The number of hydrogen-bond acceptors (Lipinski definition) is 5. The monoisotopic (exact) mass is 216 g/mol. The fraction of sp³-hybridized carbons (Fsp3) is 0.286. The maximum absolute atomic E-state index is 10.3. The van der Waals surface area contributed by atoms with E-state index in [4.69, 9.17) is 5.11 Å². The van der Waals surface area contributed by atoms with Crippen molar-refractivity contribution in [3.05, 3.63) is 17.2 Å². The first-order valence-corrected chi connectivity index (χ1v) is 5.34. The molecular formula is C7H8N2O2S2. The standard InChI is InChI=1S/C7H8N2O2S2/c1-5(2-6(10)11)3-12-7-9-8-4-13-7/h2,4H,3H2,1H3,(H,10,11). The van der Waals surface area contributed by atoms with Crippen molar-refractivity contribution in [2.24, 2.45) is 0 Å². The molecule has 0 radical (unpaired) electrons. The Morgan fingerprint density at radius 1 is 1.85 bits per heavy atom. The van der Waals surface area contributed by atoms with Gasteiger partial charge in [0.15, 0.2) is 4.34 Å². The molecule has 6 heteroatoms. The number of nitrogens with zero attached hydrogens (tertiary/aromatic N) is 2. The topological polar surface area (TPSA) is 63.1 Å². The number of hydrogen-bond donors (Lipinski definition) is 1. The van der Waals surface area contributed by atoms with E-state index in [2.05, 4.69) is 10.2 Å². The van der Waals surface area contributed by atoms with Crippen LogP contribution in [0.4, 0.5) is 0 Å². The third-order valence-corrected chi connectivity index (χ3v) is 3.19. The average molecular weight is 216 g/mol. The van der Waals surface area contributed by atoms with Gasteiger partial charge >= 0.3 is 5.97 Å². The Morgan fingerprint density at radius 3 is 3.15 bits per heavy atom. The summed E-state index contributed by atoms with van der Waals surface area (Å²) in [5.74, 6) is -0.267. The van der Waals surface area contributed by atoms with Crippen molar-refractivity contribution >= 4 is 29.1 Å². The summed E-state index contributed by atoms with van der Waals surface area (Å²) in [7, 11) is 0. The normalized spacial score (nSPS) is 11.6. The Bertz CT molecular complexity index is 308. The quantitative estimate of drug-likeness (QED) is 0.612. The molecule has 0 aliphatic carbocycles. The van der Waals surface area contributed by atoms with Gasteiger partial charge in [-0.05, 0) is 6.92 Å². The molecular weight excluding hydrogens is 208 g/mol. The van der Waals surface area contributed by atoms with E-state index in [-0.39, 0.29) is 0 Å². The average Bonchev–Trinajstić information content (AvgIpc) is 2.51. The summed E-state index contributed by atoms with van der Waals surface area (Å²) in [6.45, 7) is 1.78. The number of aliphatic carboxylic acids is 1. The van der Waals surface area contributed by atoms with E-state index in [1.807, 2.05) is 0 Å². The number of thioether (sulfide) groups is 1. The summed E-state index contributed by atoms with van der Waals surface area (Å²) in [5, 5.41) is 15.9. The van der Waals surface area contributed by atoms with Gasteiger partial charge in [-0.15, -0.1) is 10.2 Å². The Labute approximate surface area is 83.7 Å². The fourth-order valence-corrected chi connectivity index (χ4v) is 2.05. The van der Waals surface area contributed by atoms with Gasteiger partial charge in [-0.3, -0.25) is 0 Å². The van der Waals surface area contributed by atoms with Crippen LogP contribution in [0.25, 0.3) is 0 Å². The van der Waals surface area contributed by atoms with Crippen LogP contribution in [-0.4, -0.2) is 27.0 Å². The van der Waals surface area contributed by atoms with Crippen molar-refractivity contribution < 1.29 is 9.90 Å². The molecule has 70 valence electrons. The van der Waals surface area contributed by atoms with Crippen molar-refractivity contribution in [2.75, 3.05) is 5.75 Å². The Balaban J connectivity index is 2.39. The molecule has 0 saturated carbocycles. The summed E-state index contributed by atoms with van der Waals surface area (Å²) in [5.41, 5.74) is 2.46. The molecule has 0 atom stereocenters. The minimum atomic E-state index is -0.907. The van der Waals surface area contributed by atoms with Crippen molar-refractivity contribution in [2.45, 2.75) is 11.3 Å². The molecule has 13 heavy (non-hydrogen) atoms. The van der Waals surface area contributed by atoms with Crippen LogP contribution in [-0.2, 0) is 4.79 Å². The van der Waals surface area contributed by atoms with Gasteiger partial charge in [-0.25, -0.2) is 4.79 Å². The Morgan fingerprint density at radius 2 is 2.62 bits per heavy atom. The molecule has 1 N–H and O–H groups in total. The number of aromatic nitrogens is 2. The van der Waals surface area contributed by atoms with E-state index in [0.29, 0.717) is 5.75 Å². The molecule has 1 heterocycles. The molecule has 0 saturated heterocycles. The minimum absolute atomic E-state index is 0.640. The molecule has 1 aromatic rings. The van der Waals surface area contributed by atoms with Crippen LogP contribution >= 0.6 is 23.1 Å². The summed E-state index contributed by atoms with van der Waals surface area (Å²) in [6.07, 6.45) is 1.20. The number of rotatable bonds is 4. The predicted octanol–water partition coefficient (Wildman–Crippen LogP) is 1.66. The van der Waals surface area contributed by atoms with Crippen molar-refractivity contribution in [1.29, 1.82) is 0 Å². The van der Waals surface area contributed by atoms with Crippen LogP contribution < -0.4 is 0 Å². The van der Waals surface area contributed by atoms with Gasteiger partial charge in [0, 0.05) is 11.8 Å². The molecule has 1 rings (SSSR count). The number of carboxylic acid groups (broad SMARTS) is 1. The second kappa shape index (κ2) is 4.98. The second-order valence-electron chi connectivity index (χ2n) is 2.32. The first-order valence-electron chi connectivity index (χ1n) is 3.47. The van der Waals surface area contributed by atoms with Crippen LogP contribution in [0.15, 0.2) is 21.5 Å². The molecule has 0 aromatic carbocycles. The SMILES string of the molecule is CC(=CC(=O)O)CSc1nncs1. The Hall–Kier alpha value is -0.880. The van der Waals surface area contributed by atoms with Crippen LogP contribution in [0, 0.1) is 0 Å². The summed E-state index contributed by atoms with van der Waals surface area (Å²) in [4.78, 5) is 10.3. The van der Waals surface area contributed by atoms with E-state index in [9.17, 15) is 4.79 Å². The maximum Gasteiger partial charge on any atom is 0.328 e. The summed E-state index contributed by atoms with van der Waals surface area (Å²) in [6, 6.07) is 0. The van der Waals surface area contributed by atoms with E-state index in [1.165, 1.54) is 29.2 Å². The minimum Gasteiger partial charge on any atom is -0.478 e. The van der Waals surface area contributed by atoms with Crippen molar-refractivity contribution in [1.82, 2.24) is 10.2 Å². The molecule has 0 spiro atoms. The molecule has 4 nitrogen and oxygen atoms in total. The highest BCUT2D eigenvalue weighted by molar-refractivity contribution is 8.01. The molecule has 0 unspecified atom stereocenters. The fourth-order valence-electron chi connectivity index (χ4n) is 0.654. The first kappa shape index (κ1) is 10.2. The zero-order valence-corrected chi connectivity index (χ0v) is 8.56. The van der Waals surface area contributed by atoms with Gasteiger partial charge in [0.1, 0.15) is 5.51 Å². The summed E-state index contributed by atoms with van der Waals surface area (Å²) < 4.78 is 0.859. The van der Waals surface area contributed by atoms with Gasteiger partial charge in [-0.1, -0.05) is 28.7 Å². The number of carbonyl (C=O) groups is 1. The van der Waals surface area contributed by atoms with Gasteiger partial charge < -0.3 is 5.11 Å². The molecule has 0 fully saturated rings. The lowest BCUT2D eigenvalue weighted by molar-refractivity contribution is -0.131. The van der Waals surface area contributed by atoms with E-state index >= 15 is 0 Å². The largest absolute Gasteiger partial charge is 0.478 e. The highest BCUT2D eigenvalue weighted by Gasteiger charge is 1.99. The smallest absolute Gasteiger partial charge is 0.328 e. The zero-order valence-electron chi connectivity index (χ0n) is 6.93. The molecule has 1 aromatic heterocycles. The molecule has 0 amide bonds. The van der Waals surface area contributed by atoms with Crippen LogP contribution in [0.3, 0.4) is 0 Å². The van der Waals surface area contributed by atoms with Gasteiger partial charge in [-0.2, -0.15) is 0 Å². The third-order valence-electron chi connectivity index (χ3n) is 1.13. The van der Waals surface area contributed by atoms with E-state index in [0.717, 1.165) is 9.91 Å². The molecule has 0 aliphatic rings. The third kappa shape index (κ3) is 4.05. The van der Waals surface area contributed by atoms with Gasteiger partial charge in [0.2, 0.25) is 0 Å². The maximum atomic E-state index is 10.3. The highest BCUT2D eigenvalue weighted by atomic mass is 32.2. The van der Waals surface area contributed by atoms with Crippen molar-refractivity contribution in [3.8, 4) is 0 Å². The Kier molecular flexibility index (Phi) is 3.91. The lowest BCUT2D eigenvalue weighted by atomic mass is 10.3.